The molecule has 1 N–H and O–H groups in total. The number of phenols is 1. The number of hydrogen-bond donors (Lipinski definition) is 1. The van der Waals surface area contributed by atoms with E-state index >= 15 is 0 Å². The van der Waals surface area contributed by atoms with Crippen LogP contribution in [-0.4, -0.2) is 28.5 Å². The molecule has 1 aliphatic rings. The lowest BCUT2D eigenvalue weighted by Gasteiger charge is -2.18. The van der Waals surface area contributed by atoms with Gasteiger partial charge in [-0.1, -0.05) is 21.1 Å². The average molecular weight is 325 g/mol. The fraction of sp³-hybridized carbons (Fsp3) is 0.385. The van der Waals surface area contributed by atoms with Crippen LogP contribution in [0.4, 0.5) is 0 Å². The highest BCUT2D eigenvalue weighted by atomic mass is 79.9. The fourth-order valence-corrected chi connectivity index (χ4v) is 2.51. The zero-order valence-corrected chi connectivity index (χ0v) is 11.8. The maximum absolute atomic E-state index is 9.84. The third-order valence-corrected chi connectivity index (χ3v) is 3.71. The summed E-state index contributed by atoms with van der Waals surface area (Å²) in [5.41, 5.74) is 0.542. The molecule has 0 spiro atoms. The normalized spacial score (nSPS) is 16.7. The number of aromatic nitrogens is 2. The smallest absolute Gasteiger partial charge is 0.261 e. The molecule has 0 amide bonds. The molecule has 2 heterocycles. The first-order valence-electron chi connectivity index (χ1n) is 6.14. The van der Waals surface area contributed by atoms with Crippen LogP contribution < -0.4 is 0 Å². The largest absolute Gasteiger partial charge is 0.507 e. The molecular weight excluding hydrogens is 312 g/mol. The lowest BCUT2D eigenvalue weighted by Crippen LogP contribution is -2.15. The molecule has 0 aliphatic carbocycles. The average Bonchev–Trinajstić information content (AvgIpc) is 2.92. The van der Waals surface area contributed by atoms with Crippen molar-refractivity contribution in [2.75, 3.05) is 13.2 Å². The van der Waals surface area contributed by atoms with Crippen LogP contribution in [-0.2, 0) is 4.74 Å². The predicted molar refractivity (Wildman–Crippen MR) is 71.9 cm³/mol. The first-order valence-corrected chi connectivity index (χ1v) is 6.93. The fourth-order valence-electron chi connectivity index (χ4n) is 2.15. The lowest BCUT2D eigenvalue weighted by atomic mass is 10.00. The van der Waals surface area contributed by atoms with Gasteiger partial charge in [-0.25, -0.2) is 0 Å². The minimum Gasteiger partial charge on any atom is -0.507 e. The van der Waals surface area contributed by atoms with Crippen LogP contribution in [0.2, 0.25) is 0 Å². The second kappa shape index (κ2) is 5.30. The van der Waals surface area contributed by atoms with Crippen molar-refractivity contribution < 1.29 is 14.4 Å². The Morgan fingerprint density at radius 3 is 2.84 bits per heavy atom. The molecule has 6 heteroatoms. The summed E-state index contributed by atoms with van der Waals surface area (Å²) in [7, 11) is 0. The van der Waals surface area contributed by atoms with E-state index in [0.29, 0.717) is 17.3 Å². The minimum atomic E-state index is 0.130. The summed E-state index contributed by atoms with van der Waals surface area (Å²) < 4.78 is 11.4. The maximum Gasteiger partial charge on any atom is 0.261 e. The summed E-state index contributed by atoms with van der Waals surface area (Å²) >= 11 is 3.36. The Bertz CT molecular complexity index is 579. The van der Waals surface area contributed by atoms with Crippen LogP contribution >= 0.6 is 15.9 Å². The molecule has 0 saturated carbocycles. The molecule has 1 aromatic heterocycles. The molecule has 1 aromatic carbocycles. The number of hydrogen-bond acceptors (Lipinski definition) is 5. The Kier molecular flexibility index (Phi) is 3.52. The summed E-state index contributed by atoms with van der Waals surface area (Å²) in [6.45, 7) is 1.47. The molecule has 100 valence electrons. The van der Waals surface area contributed by atoms with Crippen molar-refractivity contribution in [3.8, 4) is 17.2 Å². The Hall–Kier alpha value is -1.40. The number of nitrogens with zero attached hydrogens (tertiary/aromatic N) is 2. The molecule has 2 aromatic rings. The number of halogens is 1. The van der Waals surface area contributed by atoms with Gasteiger partial charge < -0.3 is 14.4 Å². The van der Waals surface area contributed by atoms with Gasteiger partial charge in [0.2, 0.25) is 0 Å². The number of benzene rings is 1. The third-order valence-electron chi connectivity index (χ3n) is 3.22. The van der Waals surface area contributed by atoms with Crippen LogP contribution in [0.15, 0.2) is 27.2 Å². The molecule has 3 rings (SSSR count). The summed E-state index contributed by atoms with van der Waals surface area (Å²) in [4.78, 5) is 4.39. The van der Waals surface area contributed by atoms with E-state index in [1.165, 1.54) is 0 Å². The van der Waals surface area contributed by atoms with Gasteiger partial charge in [0.25, 0.3) is 5.89 Å². The lowest BCUT2D eigenvalue weighted by molar-refractivity contribution is 0.0830. The summed E-state index contributed by atoms with van der Waals surface area (Å²) in [5, 5.41) is 13.9. The number of ether oxygens (including phenoxy) is 1. The molecule has 0 atom stereocenters. The first kappa shape index (κ1) is 12.6. The molecule has 0 bridgehead atoms. The summed E-state index contributed by atoms with van der Waals surface area (Å²) in [6, 6.07) is 5.11. The molecular formula is C13H13BrN2O3. The van der Waals surface area contributed by atoms with E-state index in [1.54, 1.807) is 18.2 Å². The van der Waals surface area contributed by atoms with E-state index in [0.717, 1.165) is 30.5 Å². The van der Waals surface area contributed by atoms with Crippen LogP contribution in [0.1, 0.15) is 24.6 Å². The van der Waals surface area contributed by atoms with Gasteiger partial charge in [-0.05, 0) is 31.0 Å². The number of rotatable bonds is 2. The van der Waals surface area contributed by atoms with E-state index in [1.807, 2.05) is 0 Å². The standard InChI is InChI=1S/C13H13BrN2O3/c14-9-1-2-11(17)10(7-9)13-15-12(16-19-13)8-3-5-18-6-4-8/h1-2,7-8,17H,3-6H2. The van der Waals surface area contributed by atoms with Crippen molar-refractivity contribution in [3.05, 3.63) is 28.5 Å². The maximum atomic E-state index is 9.84. The molecule has 1 fully saturated rings. The SMILES string of the molecule is Oc1ccc(Br)cc1-c1nc(C2CCOCC2)no1. The van der Waals surface area contributed by atoms with Gasteiger partial charge >= 0.3 is 0 Å². The Morgan fingerprint density at radius 2 is 2.05 bits per heavy atom. The van der Waals surface area contributed by atoms with Crippen molar-refractivity contribution in [1.82, 2.24) is 10.1 Å². The summed E-state index contributed by atoms with van der Waals surface area (Å²) in [6.07, 6.45) is 1.81. The van der Waals surface area contributed by atoms with Gasteiger partial charge in [0, 0.05) is 23.6 Å². The molecule has 1 aliphatic heterocycles. The van der Waals surface area contributed by atoms with Crippen molar-refractivity contribution in [2.24, 2.45) is 0 Å². The monoisotopic (exact) mass is 324 g/mol. The third kappa shape index (κ3) is 2.64. The van der Waals surface area contributed by atoms with Gasteiger partial charge in [-0.15, -0.1) is 0 Å². The van der Waals surface area contributed by atoms with E-state index in [9.17, 15) is 5.11 Å². The van der Waals surface area contributed by atoms with Crippen molar-refractivity contribution in [1.29, 1.82) is 0 Å². The first-order chi connectivity index (χ1) is 9.24. The molecule has 5 nitrogen and oxygen atoms in total. The van der Waals surface area contributed by atoms with Crippen molar-refractivity contribution in [3.63, 3.8) is 0 Å². The zero-order chi connectivity index (χ0) is 13.2. The van der Waals surface area contributed by atoms with E-state index < -0.39 is 0 Å². The van der Waals surface area contributed by atoms with Crippen LogP contribution in [0.3, 0.4) is 0 Å². The van der Waals surface area contributed by atoms with Gasteiger partial charge in [0.05, 0.1) is 5.56 Å². The molecule has 19 heavy (non-hydrogen) atoms. The number of aromatic hydroxyl groups is 1. The van der Waals surface area contributed by atoms with Crippen molar-refractivity contribution in [2.45, 2.75) is 18.8 Å². The minimum absolute atomic E-state index is 0.130. The highest BCUT2D eigenvalue weighted by molar-refractivity contribution is 9.10. The van der Waals surface area contributed by atoms with E-state index in [2.05, 4.69) is 26.1 Å². The highest BCUT2D eigenvalue weighted by Crippen LogP contribution is 2.32. The second-order valence-electron chi connectivity index (χ2n) is 4.51. The van der Waals surface area contributed by atoms with Crippen LogP contribution in [0.5, 0.6) is 5.75 Å². The Labute approximate surface area is 118 Å². The van der Waals surface area contributed by atoms with Crippen molar-refractivity contribution >= 4 is 15.9 Å². The topological polar surface area (TPSA) is 68.4 Å². The van der Waals surface area contributed by atoms with Gasteiger partial charge in [-0.3, -0.25) is 0 Å². The summed E-state index contributed by atoms with van der Waals surface area (Å²) in [5.74, 6) is 1.45. The molecule has 0 radical (unpaired) electrons. The Morgan fingerprint density at radius 1 is 1.26 bits per heavy atom. The molecule has 1 saturated heterocycles. The van der Waals surface area contributed by atoms with E-state index in [-0.39, 0.29) is 11.7 Å². The van der Waals surface area contributed by atoms with Crippen LogP contribution in [0, 0.1) is 0 Å². The second-order valence-corrected chi connectivity index (χ2v) is 5.42. The quantitative estimate of drug-likeness (QED) is 0.919. The highest BCUT2D eigenvalue weighted by Gasteiger charge is 2.22. The van der Waals surface area contributed by atoms with Gasteiger partial charge in [0.15, 0.2) is 5.82 Å². The number of phenolic OH excluding ortho intramolecular Hbond substituents is 1. The van der Waals surface area contributed by atoms with E-state index in [4.69, 9.17) is 9.26 Å². The zero-order valence-electron chi connectivity index (χ0n) is 10.2. The molecule has 0 unspecified atom stereocenters. The predicted octanol–water partition coefficient (Wildman–Crippen LogP) is 3.10. The van der Waals surface area contributed by atoms with Crippen LogP contribution in [0.25, 0.3) is 11.5 Å². The van der Waals surface area contributed by atoms with Gasteiger partial charge in [0.1, 0.15) is 5.75 Å². The Balaban J connectivity index is 1.89. The van der Waals surface area contributed by atoms with Gasteiger partial charge in [-0.2, -0.15) is 4.98 Å².